The van der Waals surface area contributed by atoms with Crippen LogP contribution >= 0.6 is 0 Å². The van der Waals surface area contributed by atoms with Gasteiger partial charge in [0.1, 0.15) is 6.33 Å². The maximum atomic E-state index is 4.07. The lowest BCUT2D eigenvalue weighted by Crippen LogP contribution is -2.04. The van der Waals surface area contributed by atoms with Crippen LogP contribution in [-0.4, -0.2) is 19.5 Å². The average Bonchev–Trinajstić information content (AvgIpc) is 3.01. The van der Waals surface area contributed by atoms with Crippen LogP contribution in [0, 0.1) is 0 Å². The molecule has 1 aromatic carbocycles. The number of para-hydroxylation sites is 2. The first-order valence-electron chi connectivity index (χ1n) is 5.98. The van der Waals surface area contributed by atoms with Gasteiger partial charge in [0.2, 0.25) is 0 Å². The Balaban J connectivity index is 1.82. The summed E-state index contributed by atoms with van der Waals surface area (Å²) in [7, 11) is 0. The average molecular weight is 251 g/mol. The molecule has 0 aliphatic rings. The summed E-state index contributed by atoms with van der Waals surface area (Å²) in [6.45, 7) is 0.687. The van der Waals surface area contributed by atoms with Crippen molar-refractivity contribution in [2.24, 2.45) is 0 Å². The van der Waals surface area contributed by atoms with Gasteiger partial charge in [0, 0.05) is 36.9 Å². The van der Waals surface area contributed by atoms with Gasteiger partial charge in [-0.05, 0) is 12.1 Å². The molecule has 0 saturated carbocycles. The van der Waals surface area contributed by atoms with Gasteiger partial charge in [-0.1, -0.05) is 12.1 Å². The Kier molecular flexibility index (Phi) is 3.18. The zero-order chi connectivity index (χ0) is 12.9. The van der Waals surface area contributed by atoms with Gasteiger partial charge < -0.3 is 9.88 Å². The molecular formula is C14H13N5. The normalized spacial score (nSPS) is 10.3. The molecule has 0 aliphatic carbocycles. The molecule has 1 N–H and O–H groups in total. The molecular weight excluding hydrogens is 238 g/mol. The molecule has 0 bridgehead atoms. The van der Waals surface area contributed by atoms with Crippen LogP contribution in [0.1, 0.15) is 5.56 Å². The van der Waals surface area contributed by atoms with Crippen LogP contribution in [0.5, 0.6) is 0 Å². The molecule has 3 rings (SSSR count). The Hall–Kier alpha value is -2.69. The molecule has 0 amide bonds. The molecule has 2 heterocycles. The van der Waals surface area contributed by atoms with Crippen LogP contribution in [0.3, 0.4) is 0 Å². The maximum Gasteiger partial charge on any atom is 0.115 e. The predicted molar refractivity (Wildman–Crippen MR) is 72.9 cm³/mol. The van der Waals surface area contributed by atoms with E-state index in [9.17, 15) is 0 Å². The quantitative estimate of drug-likeness (QED) is 0.773. The van der Waals surface area contributed by atoms with Gasteiger partial charge in [0.15, 0.2) is 0 Å². The molecule has 2 aromatic heterocycles. The van der Waals surface area contributed by atoms with Gasteiger partial charge >= 0.3 is 0 Å². The SMILES string of the molecule is c1ccc(-n2ccnc2)c(NCc2cncnc2)c1. The van der Waals surface area contributed by atoms with Crippen LogP contribution < -0.4 is 5.32 Å². The molecule has 5 heteroatoms. The lowest BCUT2D eigenvalue weighted by atomic mass is 10.2. The van der Waals surface area contributed by atoms with E-state index >= 15 is 0 Å². The minimum atomic E-state index is 0.687. The van der Waals surface area contributed by atoms with Gasteiger partial charge in [-0.3, -0.25) is 0 Å². The van der Waals surface area contributed by atoms with E-state index < -0.39 is 0 Å². The maximum absolute atomic E-state index is 4.07. The molecule has 94 valence electrons. The second-order valence-electron chi connectivity index (χ2n) is 4.09. The van der Waals surface area contributed by atoms with Crippen LogP contribution in [0.4, 0.5) is 5.69 Å². The summed E-state index contributed by atoms with van der Waals surface area (Å²) in [4.78, 5) is 12.1. The third kappa shape index (κ3) is 2.60. The van der Waals surface area contributed by atoms with Gasteiger partial charge in [0.25, 0.3) is 0 Å². The summed E-state index contributed by atoms with van der Waals surface area (Å²) in [5.41, 5.74) is 3.16. The summed E-state index contributed by atoms with van der Waals surface area (Å²) in [6, 6.07) is 8.10. The van der Waals surface area contributed by atoms with Crippen molar-refractivity contribution in [2.45, 2.75) is 6.54 Å². The van der Waals surface area contributed by atoms with Gasteiger partial charge in [0.05, 0.1) is 17.7 Å². The standard InChI is InChI=1S/C14H13N5/c1-2-4-14(19-6-5-15-11-19)13(3-1)18-9-12-7-16-10-17-8-12/h1-8,10-11,18H,9H2. The monoisotopic (exact) mass is 251 g/mol. The van der Waals surface area contributed by atoms with Crippen molar-refractivity contribution >= 4 is 5.69 Å². The number of hydrogen-bond donors (Lipinski definition) is 1. The highest BCUT2D eigenvalue weighted by Crippen LogP contribution is 2.20. The van der Waals surface area contributed by atoms with Gasteiger partial charge in [-0.15, -0.1) is 0 Å². The topological polar surface area (TPSA) is 55.6 Å². The predicted octanol–water partition coefficient (Wildman–Crippen LogP) is 2.27. The van der Waals surface area contributed by atoms with E-state index in [1.807, 2.05) is 35.0 Å². The van der Waals surface area contributed by atoms with Crippen molar-refractivity contribution in [3.63, 3.8) is 0 Å². The van der Waals surface area contributed by atoms with E-state index in [1.165, 1.54) is 6.33 Å². The first kappa shape index (κ1) is 11.4. The highest BCUT2D eigenvalue weighted by atomic mass is 15.1. The minimum Gasteiger partial charge on any atom is -0.379 e. The Morgan fingerprint density at radius 2 is 1.89 bits per heavy atom. The Morgan fingerprint density at radius 3 is 2.68 bits per heavy atom. The van der Waals surface area contributed by atoms with Crippen molar-refractivity contribution in [2.75, 3.05) is 5.32 Å². The number of nitrogens with zero attached hydrogens (tertiary/aromatic N) is 4. The largest absolute Gasteiger partial charge is 0.379 e. The highest BCUT2D eigenvalue weighted by molar-refractivity contribution is 5.61. The fourth-order valence-electron chi connectivity index (χ4n) is 1.87. The number of nitrogens with one attached hydrogen (secondary N) is 1. The van der Waals surface area contributed by atoms with E-state index in [1.54, 1.807) is 24.9 Å². The first-order chi connectivity index (χ1) is 9.43. The zero-order valence-corrected chi connectivity index (χ0v) is 10.3. The number of rotatable bonds is 4. The van der Waals surface area contributed by atoms with Crippen LogP contribution in [0.2, 0.25) is 0 Å². The molecule has 0 saturated heterocycles. The highest BCUT2D eigenvalue weighted by Gasteiger charge is 2.03. The van der Waals surface area contributed by atoms with Crippen LogP contribution in [-0.2, 0) is 6.54 Å². The van der Waals surface area contributed by atoms with Crippen LogP contribution in [0.15, 0.2) is 61.7 Å². The van der Waals surface area contributed by atoms with E-state index in [4.69, 9.17) is 0 Å². The number of anilines is 1. The molecule has 0 atom stereocenters. The second kappa shape index (κ2) is 5.30. The Bertz CT molecular complexity index is 634. The molecule has 5 nitrogen and oxygen atoms in total. The molecule has 0 fully saturated rings. The molecule has 0 unspecified atom stereocenters. The van der Waals surface area contributed by atoms with E-state index in [2.05, 4.69) is 20.3 Å². The third-order valence-corrected chi connectivity index (χ3v) is 2.78. The molecule has 3 aromatic rings. The number of benzene rings is 1. The molecule has 0 spiro atoms. The fourth-order valence-corrected chi connectivity index (χ4v) is 1.87. The lowest BCUT2D eigenvalue weighted by Gasteiger charge is -2.12. The Labute approximate surface area is 111 Å². The third-order valence-electron chi connectivity index (χ3n) is 2.78. The van der Waals surface area contributed by atoms with E-state index in [-0.39, 0.29) is 0 Å². The van der Waals surface area contributed by atoms with Crippen molar-refractivity contribution in [1.29, 1.82) is 0 Å². The summed E-state index contributed by atoms with van der Waals surface area (Å²) in [5.74, 6) is 0. The van der Waals surface area contributed by atoms with Crippen LogP contribution in [0.25, 0.3) is 5.69 Å². The number of hydrogen-bond acceptors (Lipinski definition) is 4. The van der Waals surface area contributed by atoms with E-state index in [0.717, 1.165) is 16.9 Å². The molecule has 19 heavy (non-hydrogen) atoms. The van der Waals surface area contributed by atoms with Crippen molar-refractivity contribution in [1.82, 2.24) is 19.5 Å². The molecule has 0 aliphatic heterocycles. The summed E-state index contributed by atoms with van der Waals surface area (Å²) in [6.07, 6.45) is 10.6. The minimum absolute atomic E-state index is 0.687. The zero-order valence-electron chi connectivity index (χ0n) is 10.3. The summed E-state index contributed by atoms with van der Waals surface area (Å²) >= 11 is 0. The smallest absolute Gasteiger partial charge is 0.115 e. The number of imidazole rings is 1. The summed E-state index contributed by atoms with van der Waals surface area (Å²) < 4.78 is 1.98. The van der Waals surface area contributed by atoms with Gasteiger partial charge in [-0.25, -0.2) is 15.0 Å². The Morgan fingerprint density at radius 1 is 1.05 bits per heavy atom. The summed E-state index contributed by atoms with van der Waals surface area (Å²) in [5, 5.41) is 3.39. The second-order valence-corrected chi connectivity index (χ2v) is 4.09. The molecule has 0 radical (unpaired) electrons. The first-order valence-corrected chi connectivity index (χ1v) is 5.98. The van der Waals surface area contributed by atoms with Gasteiger partial charge in [-0.2, -0.15) is 0 Å². The van der Waals surface area contributed by atoms with E-state index in [0.29, 0.717) is 6.54 Å². The van der Waals surface area contributed by atoms with Crippen molar-refractivity contribution in [3.05, 3.63) is 67.3 Å². The lowest BCUT2D eigenvalue weighted by molar-refractivity contribution is 1.02. The number of aromatic nitrogens is 4. The van der Waals surface area contributed by atoms with Crippen molar-refractivity contribution in [3.8, 4) is 5.69 Å². The van der Waals surface area contributed by atoms with Crippen molar-refractivity contribution < 1.29 is 0 Å². The fraction of sp³-hybridized carbons (Fsp3) is 0.0714.